The van der Waals surface area contributed by atoms with E-state index in [0.717, 1.165) is 62.6 Å². The van der Waals surface area contributed by atoms with Crippen LogP contribution >= 0.6 is 0 Å². The van der Waals surface area contributed by atoms with Gasteiger partial charge in [-0.1, -0.05) is 30.3 Å². The molecule has 7 heteroatoms. The molecular formula is C29H24N6O. The van der Waals surface area contributed by atoms with Crippen LogP contribution < -0.4 is 5.32 Å². The SMILES string of the molecule is CC(C)(C#N)c1ccc(-c2n[nH]c3cnc4ccc(-c5ccc(NC(=O)C6CC6)nc5)cc4c23)cc1. The Morgan fingerprint density at radius 3 is 2.44 bits per heavy atom. The summed E-state index contributed by atoms with van der Waals surface area (Å²) in [6, 6.07) is 20.3. The Hall–Kier alpha value is -4.57. The number of carbonyl (C=O) groups is 1. The summed E-state index contributed by atoms with van der Waals surface area (Å²) in [7, 11) is 0. The molecule has 1 saturated carbocycles. The van der Waals surface area contributed by atoms with Gasteiger partial charge in [-0.05, 0) is 62.1 Å². The molecule has 0 radical (unpaired) electrons. The molecule has 7 nitrogen and oxygen atoms in total. The standard InChI is InChI=1S/C29H24N6O/c1-29(2,16-30)21-9-5-17(6-10-21)27-26-22-13-19(7-11-23(22)31-15-24(26)34-35-27)20-8-12-25(32-14-20)33-28(36)18-3-4-18/h5-15,18H,3-4H2,1-2H3,(H,34,35)(H,32,33,36). The second kappa shape index (κ2) is 8.28. The van der Waals surface area contributed by atoms with Crippen molar-refractivity contribution in [1.29, 1.82) is 5.26 Å². The first-order valence-corrected chi connectivity index (χ1v) is 12.0. The normalized spacial score (nSPS) is 13.6. The molecule has 0 saturated heterocycles. The first kappa shape index (κ1) is 21.9. The Bertz CT molecular complexity index is 1660. The first-order chi connectivity index (χ1) is 17.4. The molecule has 1 amide bonds. The third kappa shape index (κ3) is 3.87. The number of carbonyl (C=O) groups excluding carboxylic acids is 1. The second-order valence-electron chi connectivity index (χ2n) is 9.86. The van der Waals surface area contributed by atoms with Gasteiger partial charge >= 0.3 is 0 Å². The zero-order valence-electron chi connectivity index (χ0n) is 20.0. The Labute approximate surface area is 208 Å². The van der Waals surface area contributed by atoms with E-state index in [0.29, 0.717) is 5.82 Å². The molecule has 2 N–H and O–H groups in total. The highest BCUT2D eigenvalue weighted by Gasteiger charge is 2.29. The molecule has 3 heterocycles. The van der Waals surface area contributed by atoms with Crippen molar-refractivity contribution >= 4 is 33.5 Å². The number of pyridine rings is 2. The van der Waals surface area contributed by atoms with E-state index in [9.17, 15) is 10.1 Å². The zero-order valence-corrected chi connectivity index (χ0v) is 20.0. The minimum absolute atomic E-state index is 0.0473. The Kier molecular flexibility index (Phi) is 5.04. The van der Waals surface area contributed by atoms with Gasteiger partial charge in [0.25, 0.3) is 0 Å². The van der Waals surface area contributed by atoms with Crippen LogP contribution in [0.4, 0.5) is 5.82 Å². The average Bonchev–Trinajstić information content (AvgIpc) is 3.67. The van der Waals surface area contributed by atoms with E-state index in [2.05, 4.69) is 37.6 Å². The molecule has 1 aliphatic carbocycles. The third-order valence-electron chi connectivity index (χ3n) is 6.85. The predicted molar refractivity (Wildman–Crippen MR) is 140 cm³/mol. The number of aromatic nitrogens is 4. The van der Waals surface area contributed by atoms with Gasteiger partial charge < -0.3 is 5.32 Å². The number of anilines is 1. The van der Waals surface area contributed by atoms with Crippen LogP contribution in [0.5, 0.6) is 0 Å². The number of rotatable bonds is 5. The van der Waals surface area contributed by atoms with Crippen LogP contribution in [-0.2, 0) is 10.2 Å². The maximum absolute atomic E-state index is 12.0. The van der Waals surface area contributed by atoms with E-state index in [1.165, 1.54) is 0 Å². The van der Waals surface area contributed by atoms with E-state index in [1.54, 1.807) is 12.4 Å². The molecule has 176 valence electrons. The maximum atomic E-state index is 12.0. The van der Waals surface area contributed by atoms with Crippen molar-refractivity contribution in [3.63, 3.8) is 0 Å². The summed E-state index contributed by atoms with van der Waals surface area (Å²) < 4.78 is 0. The van der Waals surface area contributed by atoms with E-state index in [-0.39, 0.29) is 11.8 Å². The topological polar surface area (TPSA) is 107 Å². The lowest BCUT2D eigenvalue weighted by atomic mass is 9.86. The van der Waals surface area contributed by atoms with Crippen LogP contribution in [0, 0.1) is 17.2 Å². The minimum Gasteiger partial charge on any atom is -0.310 e. The van der Waals surface area contributed by atoms with E-state index in [1.807, 2.05) is 62.4 Å². The van der Waals surface area contributed by atoms with Crippen LogP contribution in [0.1, 0.15) is 32.3 Å². The number of hydrogen-bond acceptors (Lipinski definition) is 5. The molecule has 3 aromatic heterocycles. The fourth-order valence-corrected chi connectivity index (χ4v) is 4.41. The fourth-order valence-electron chi connectivity index (χ4n) is 4.41. The summed E-state index contributed by atoms with van der Waals surface area (Å²) in [5, 5.41) is 22.1. The smallest absolute Gasteiger partial charge is 0.228 e. The molecule has 1 fully saturated rings. The summed E-state index contributed by atoms with van der Waals surface area (Å²) in [4.78, 5) is 21.1. The van der Waals surface area contributed by atoms with Gasteiger partial charge in [-0.2, -0.15) is 10.4 Å². The summed E-state index contributed by atoms with van der Waals surface area (Å²) in [5.41, 5.74) is 5.90. The monoisotopic (exact) mass is 472 g/mol. The van der Waals surface area contributed by atoms with Gasteiger partial charge in [-0.25, -0.2) is 4.98 Å². The molecule has 5 aromatic rings. The van der Waals surface area contributed by atoms with Gasteiger partial charge in [0.2, 0.25) is 5.91 Å². The molecule has 0 bridgehead atoms. The van der Waals surface area contributed by atoms with Crippen LogP contribution in [0.25, 0.3) is 44.2 Å². The Morgan fingerprint density at radius 2 is 1.75 bits per heavy atom. The highest BCUT2D eigenvalue weighted by atomic mass is 16.2. The number of amides is 1. The molecule has 0 aliphatic heterocycles. The van der Waals surface area contributed by atoms with Gasteiger partial charge in [0, 0.05) is 34.0 Å². The molecule has 6 rings (SSSR count). The van der Waals surface area contributed by atoms with Gasteiger partial charge in [0.1, 0.15) is 11.5 Å². The lowest BCUT2D eigenvalue weighted by molar-refractivity contribution is -0.117. The van der Waals surface area contributed by atoms with Crippen molar-refractivity contribution in [2.24, 2.45) is 5.92 Å². The number of aromatic amines is 1. The molecule has 0 unspecified atom stereocenters. The average molecular weight is 473 g/mol. The van der Waals surface area contributed by atoms with Gasteiger partial charge in [-0.15, -0.1) is 0 Å². The Balaban J connectivity index is 1.39. The van der Waals surface area contributed by atoms with Gasteiger partial charge in [0.15, 0.2) is 0 Å². The highest BCUT2D eigenvalue weighted by Crippen LogP contribution is 2.35. The van der Waals surface area contributed by atoms with E-state index < -0.39 is 5.41 Å². The van der Waals surface area contributed by atoms with Crippen LogP contribution in [0.15, 0.2) is 67.0 Å². The minimum atomic E-state index is -0.554. The lowest BCUT2D eigenvalue weighted by Crippen LogP contribution is -2.14. The van der Waals surface area contributed by atoms with E-state index in [4.69, 9.17) is 0 Å². The van der Waals surface area contributed by atoms with Crippen molar-refractivity contribution in [3.8, 4) is 28.5 Å². The highest BCUT2D eigenvalue weighted by molar-refractivity contribution is 6.11. The zero-order chi connectivity index (χ0) is 24.9. The van der Waals surface area contributed by atoms with Gasteiger partial charge in [0.05, 0.1) is 28.7 Å². The molecule has 0 spiro atoms. The quantitative estimate of drug-likeness (QED) is 0.327. The second-order valence-corrected chi connectivity index (χ2v) is 9.86. The predicted octanol–water partition coefficient (Wildman–Crippen LogP) is 5.99. The fraction of sp³-hybridized carbons (Fsp3) is 0.207. The Morgan fingerprint density at radius 1 is 1.00 bits per heavy atom. The first-order valence-electron chi connectivity index (χ1n) is 12.0. The van der Waals surface area contributed by atoms with Crippen molar-refractivity contribution in [2.45, 2.75) is 32.1 Å². The number of nitriles is 1. The lowest BCUT2D eigenvalue weighted by Gasteiger charge is -2.15. The summed E-state index contributed by atoms with van der Waals surface area (Å²) >= 11 is 0. The molecule has 36 heavy (non-hydrogen) atoms. The van der Waals surface area contributed by atoms with Crippen molar-refractivity contribution in [3.05, 3.63) is 72.6 Å². The van der Waals surface area contributed by atoms with Crippen LogP contribution in [0.3, 0.4) is 0 Å². The van der Waals surface area contributed by atoms with Crippen molar-refractivity contribution < 1.29 is 4.79 Å². The summed E-state index contributed by atoms with van der Waals surface area (Å²) in [6.07, 6.45) is 5.51. The maximum Gasteiger partial charge on any atom is 0.228 e. The third-order valence-corrected chi connectivity index (χ3v) is 6.85. The van der Waals surface area contributed by atoms with Crippen LogP contribution in [-0.4, -0.2) is 26.1 Å². The number of benzene rings is 2. The molecule has 1 aliphatic rings. The van der Waals surface area contributed by atoms with Crippen molar-refractivity contribution in [2.75, 3.05) is 5.32 Å². The van der Waals surface area contributed by atoms with E-state index >= 15 is 0 Å². The van der Waals surface area contributed by atoms with Crippen LogP contribution in [0.2, 0.25) is 0 Å². The number of H-pyrrole nitrogens is 1. The summed E-state index contributed by atoms with van der Waals surface area (Å²) in [6.45, 7) is 3.82. The largest absolute Gasteiger partial charge is 0.310 e. The van der Waals surface area contributed by atoms with Crippen molar-refractivity contribution in [1.82, 2.24) is 20.2 Å². The number of fused-ring (bicyclic) bond motifs is 3. The molecule has 2 aromatic carbocycles. The molecular weight excluding hydrogens is 448 g/mol. The summed E-state index contributed by atoms with van der Waals surface area (Å²) in [5.74, 6) is 0.756. The number of hydrogen-bond donors (Lipinski definition) is 2. The number of nitrogens with zero attached hydrogens (tertiary/aromatic N) is 4. The molecule has 0 atom stereocenters. The van der Waals surface area contributed by atoms with Gasteiger partial charge in [-0.3, -0.25) is 14.9 Å². The number of nitrogens with one attached hydrogen (secondary N) is 2.